The maximum absolute atomic E-state index is 12.3. The molecular weight excluding hydrogens is 336 g/mol. The maximum Gasteiger partial charge on any atom is 0.220 e. The van der Waals surface area contributed by atoms with Crippen LogP contribution in [-0.2, 0) is 24.3 Å². The van der Waals surface area contributed by atoms with E-state index in [9.17, 15) is 4.79 Å². The van der Waals surface area contributed by atoms with Gasteiger partial charge in [-0.15, -0.1) is 0 Å². The Morgan fingerprint density at radius 3 is 2.48 bits per heavy atom. The fourth-order valence-corrected chi connectivity index (χ4v) is 2.98. The zero-order valence-electron chi connectivity index (χ0n) is 15.9. The molecular formula is C22H26N4O. The number of hydrogen-bond donors (Lipinski definition) is 1. The Bertz CT molecular complexity index is 871. The van der Waals surface area contributed by atoms with E-state index in [1.165, 1.54) is 5.56 Å². The summed E-state index contributed by atoms with van der Waals surface area (Å²) in [6.07, 6.45) is 4.94. The lowest BCUT2D eigenvalue weighted by molar-refractivity contribution is -0.121. The number of hydrogen-bond acceptors (Lipinski definition) is 3. The van der Waals surface area contributed by atoms with Crippen LogP contribution in [0.15, 0.2) is 67.0 Å². The van der Waals surface area contributed by atoms with E-state index in [0.29, 0.717) is 19.4 Å². The molecule has 0 bridgehead atoms. The van der Waals surface area contributed by atoms with Crippen molar-refractivity contribution >= 4 is 5.91 Å². The van der Waals surface area contributed by atoms with Crippen LogP contribution >= 0.6 is 0 Å². The summed E-state index contributed by atoms with van der Waals surface area (Å²) in [5.74, 6) is 0.0575. The number of benzene rings is 2. The van der Waals surface area contributed by atoms with Crippen LogP contribution in [0.1, 0.15) is 23.1 Å². The number of carbonyl (C=O) groups excluding carboxylic acids is 1. The summed E-state index contributed by atoms with van der Waals surface area (Å²) >= 11 is 0. The van der Waals surface area contributed by atoms with Gasteiger partial charge >= 0.3 is 0 Å². The smallest absolute Gasteiger partial charge is 0.220 e. The van der Waals surface area contributed by atoms with Crippen molar-refractivity contribution in [1.29, 1.82) is 0 Å². The molecule has 0 saturated heterocycles. The number of aryl methyl sites for hydroxylation is 1. The Hall–Kier alpha value is -2.92. The second-order valence-electron chi connectivity index (χ2n) is 6.91. The molecule has 5 nitrogen and oxygen atoms in total. The van der Waals surface area contributed by atoms with E-state index >= 15 is 0 Å². The van der Waals surface area contributed by atoms with Crippen molar-refractivity contribution in [2.24, 2.45) is 0 Å². The Morgan fingerprint density at radius 2 is 1.74 bits per heavy atom. The van der Waals surface area contributed by atoms with Gasteiger partial charge in [0.1, 0.15) is 0 Å². The molecule has 0 fully saturated rings. The summed E-state index contributed by atoms with van der Waals surface area (Å²) in [6, 6.07) is 18.2. The van der Waals surface area contributed by atoms with Crippen molar-refractivity contribution in [3.63, 3.8) is 0 Å². The summed E-state index contributed by atoms with van der Waals surface area (Å²) in [6.45, 7) is 1.43. The predicted octanol–water partition coefficient (Wildman–Crippen LogP) is 3.18. The molecule has 5 heteroatoms. The van der Waals surface area contributed by atoms with E-state index in [4.69, 9.17) is 0 Å². The lowest BCUT2D eigenvalue weighted by Gasteiger charge is -2.14. The van der Waals surface area contributed by atoms with Crippen LogP contribution < -0.4 is 5.32 Å². The van der Waals surface area contributed by atoms with E-state index in [1.54, 1.807) is 0 Å². The second-order valence-corrected chi connectivity index (χ2v) is 6.91. The first-order valence-electron chi connectivity index (χ1n) is 9.19. The third kappa shape index (κ3) is 5.53. The monoisotopic (exact) mass is 362 g/mol. The molecule has 3 rings (SSSR count). The first-order chi connectivity index (χ1) is 13.1. The summed E-state index contributed by atoms with van der Waals surface area (Å²) in [4.78, 5) is 14.4. The van der Waals surface area contributed by atoms with Gasteiger partial charge in [-0.05, 0) is 49.3 Å². The predicted molar refractivity (Wildman–Crippen MR) is 108 cm³/mol. The van der Waals surface area contributed by atoms with Crippen LogP contribution in [0.4, 0.5) is 0 Å². The van der Waals surface area contributed by atoms with Gasteiger partial charge in [-0.1, -0.05) is 42.5 Å². The Labute approximate surface area is 160 Å². The quantitative estimate of drug-likeness (QED) is 0.670. The van der Waals surface area contributed by atoms with Crippen molar-refractivity contribution in [2.75, 3.05) is 14.1 Å². The van der Waals surface area contributed by atoms with Crippen molar-refractivity contribution < 1.29 is 4.79 Å². The first kappa shape index (κ1) is 18.9. The van der Waals surface area contributed by atoms with E-state index in [0.717, 1.165) is 23.4 Å². The second kappa shape index (κ2) is 9.14. The normalized spacial score (nSPS) is 10.9. The molecule has 27 heavy (non-hydrogen) atoms. The van der Waals surface area contributed by atoms with Gasteiger partial charge in [-0.2, -0.15) is 5.10 Å². The van der Waals surface area contributed by atoms with Crippen LogP contribution in [0.25, 0.3) is 5.69 Å². The highest BCUT2D eigenvalue weighted by molar-refractivity contribution is 5.76. The number of rotatable bonds is 8. The lowest BCUT2D eigenvalue weighted by Crippen LogP contribution is -2.24. The fraction of sp³-hybridized carbons (Fsp3) is 0.273. The van der Waals surface area contributed by atoms with Crippen LogP contribution in [0.2, 0.25) is 0 Å². The van der Waals surface area contributed by atoms with Crippen LogP contribution in [0, 0.1) is 0 Å². The Kier molecular flexibility index (Phi) is 6.39. The number of amides is 1. The van der Waals surface area contributed by atoms with E-state index < -0.39 is 0 Å². The number of para-hydroxylation sites is 1. The highest BCUT2D eigenvalue weighted by Gasteiger charge is 2.07. The van der Waals surface area contributed by atoms with Gasteiger partial charge in [0.2, 0.25) is 5.91 Å². The van der Waals surface area contributed by atoms with Gasteiger partial charge < -0.3 is 10.2 Å². The molecule has 1 heterocycles. The average molecular weight is 362 g/mol. The van der Waals surface area contributed by atoms with E-state index in [1.807, 2.05) is 73.6 Å². The molecule has 0 spiro atoms. The number of nitrogens with one attached hydrogen (secondary N) is 1. The minimum Gasteiger partial charge on any atom is -0.352 e. The molecule has 0 aliphatic heterocycles. The lowest BCUT2D eigenvalue weighted by atomic mass is 10.1. The van der Waals surface area contributed by atoms with Crippen molar-refractivity contribution in [3.8, 4) is 5.69 Å². The third-order valence-corrected chi connectivity index (χ3v) is 4.38. The molecule has 0 aliphatic rings. The number of aromatic nitrogens is 2. The molecule has 0 unspecified atom stereocenters. The van der Waals surface area contributed by atoms with E-state index in [-0.39, 0.29) is 5.91 Å². The van der Waals surface area contributed by atoms with Crippen LogP contribution in [0.5, 0.6) is 0 Å². The van der Waals surface area contributed by atoms with Crippen LogP contribution in [0.3, 0.4) is 0 Å². The molecule has 140 valence electrons. The molecule has 0 radical (unpaired) electrons. The van der Waals surface area contributed by atoms with E-state index in [2.05, 4.69) is 27.4 Å². The SMILES string of the molecule is CN(C)Cc1ccccc1CNC(=O)CCc1cnn(-c2ccccc2)c1. The highest BCUT2D eigenvalue weighted by Crippen LogP contribution is 2.11. The summed E-state index contributed by atoms with van der Waals surface area (Å²) in [5, 5.41) is 7.41. The van der Waals surface area contributed by atoms with Gasteiger partial charge in [0.15, 0.2) is 0 Å². The molecule has 3 aromatic rings. The number of nitrogens with zero attached hydrogens (tertiary/aromatic N) is 3. The summed E-state index contributed by atoms with van der Waals surface area (Å²) in [7, 11) is 4.09. The van der Waals surface area contributed by atoms with Gasteiger partial charge in [0.05, 0.1) is 11.9 Å². The highest BCUT2D eigenvalue weighted by atomic mass is 16.1. The molecule has 1 N–H and O–H groups in total. The topological polar surface area (TPSA) is 50.2 Å². The minimum absolute atomic E-state index is 0.0575. The van der Waals surface area contributed by atoms with Crippen molar-refractivity contribution in [3.05, 3.63) is 83.7 Å². The minimum atomic E-state index is 0.0575. The Morgan fingerprint density at radius 1 is 1.04 bits per heavy atom. The molecule has 0 saturated carbocycles. The van der Waals surface area contributed by atoms with Gasteiger partial charge in [-0.25, -0.2) is 4.68 Å². The zero-order chi connectivity index (χ0) is 19.1. The molecule has 1 amide bonds. The maximum atomic E-state index is 12.3. The molecule has 0 atom stereocenters. The molecule has 2 aromatic carbocycles. The summed E-state index contributed by atoms with van der Waals surface area (Å²) in [5.41, 5.74) is 4.48. The largest absolute Gasteiger partial charge is 0.352 e. The Balaban J connectivity index is 1.50. The fourth-order valence-electron chi connectivity index (χ4n) is 2.98. The average Bonchev–Trinajstić information content (AvgIpc) is 3.15. The first-order valence-corrected chi connectivity index (χ1v) is 9.19. The van der Waals surface area contributed by atoms with Crippen molar-refractivity contribution in [1.82, 2.24) is 20.0 Å². The third-order valence-electron chi connectivity index (χ3n) is 4.38. The standard InChI is InChI=1S/C22H26N4O/c1-25(2)17-20-9-7-6-8-19(20)15-23-22(27)13-12-18-14-24-26(16-18)21-10-4-3-5-11-21/h3-11,14,16H,12-13,15,17H2,1-2H3,(H,23,27). The van der Waals surface area contributed by atoms with Gasteiger partial charge in [0, 0.05) is 25.7 Å². The molecule has 1 aromatic heterocycles. The van der Waals surface area contributed by atoms with Gasteiger partial charge in [-0.3, -0.25) is 4.79 Å². The molecule has 0 aliphatic carbocycles. The van der Waals surface area contributed by atoms with Gasteiger partial charge in [0.25, 0.3) is 0 Å². The summed E-state index contributed by atoms with van der Waals surface area (Å²) < 4.78 is 1.84. The van der Waals surface area contributed by atoms with Crippen molar-refractivity contribution in [2.45, 2.75) is 25.9 Å². The number of carbonyl (C=O) groups is 1. The zero-order valence-corrected chi connectivity index (χ0v) is 15.9. The van der Waals surface area contributed by atoms with Crippen LogP contribution in [-0.4, -0.2) is 34.7 Å².